The molecule has 1 unspecified atom stereocenters. The Morgan fingerprint density at radius 3 is 2.59 bits per heavy atom. The Bertz CT molecular complexity index is 1090. The Balaban J connectivity index is 1.30. The summed E-state index contributed by atoms with van der Waals surface area (Å²) < 4.78 is 11.4. The average molecular weight is 432 g/mol. The summed E-state index contributed by atoms with van der Waals surface area (Å²) >= 11 is 0. The third kappa shape index (κ3) is 4.81. The second kappa shape index (κ2) is 9.49. The smallest absolute Gasteiger partial charge is 0.319 e. The zero-order chi connectivity index (χ0) is 21.8. The number of carbonyl (C=O) groups is 1. The van der Waals surface area contributed by atoms with Gasteiger partial charge >= 0.3 is 6.03 Å². The molecule has 1 saturated heterocycles. The van der Waals surface area contributed by atoms with Crippen LogP contribution in [0.15, 0.2) is 60.7 Å². The summed E-state index contributed by atoms with van der Waals surface area (Å²) in [4.78, 5) is 15.4. The van der Waals surface area contributed by atoms with Gasteiger partial charge in [-0.25, -0.2) is 4.79 Å². The van der Waals surface area contributed by atoms with E-state index in [0.29, 0.717) is 13.2 Å². The van der Waals surface area contributed by atoms with Gasteiger partial charge in [0.1, 0.15) is 13.2 Å². The first-order valence-corrected chi connectivity index (χ1v) is 11.4. The molecule has 166 valence electrons. The zero-order valence-electron chi connectivity index (χ0n) is 18.2. The fraction of sp³-hybridized carbons (Fsp3) is 0.346. The van der Waals surface area contributed by atoms with Crippen LogP contribution in [0.4, 0.5) is 10.5 Å². The van der Waals surface area contributed by atoms with Gasteiger partial charge in [-0.3, -0.25) is 0 Å². The lowest BCUT2D eigenvalue weighted by Crippen LogP contribution is -2.46. The summed E-state index contributed by atoms with van der Waals surface area (Å²) in [7, 11) is 0. The summed E-state index contributed by atoms with van der Waals surface area (Å²) in [6.07, 6.45) is 3.17. The van der Waals surface area contributed by atoms with Crippen LogP contribution in [0.2, 0.25) is 0 Å². The van der Waals surface area contributed by atoms with Crippen LogP contribution >= 0.6 is 0 Å². The van der Waals surface area contributed by atoms with Gasteiger partial charge in [0.05, 0.1) is 5.69 Å². The standard InChI is InChI=1S/C26H29N3O3/c30-26(28-23-9-5-7-20-6-1-2-8-22(20)23)27-21(18-29-12-3-4-13-29)16-19-10-11-24-25(17-19)32-15-14-31-24/h1-2,5-11,17,21H,3-4,12-16,18H2,(H2,27,28,30). The number of nitrogens with one attached hydrogen (secondary N) is 2. The maximum atomic E-state index is 13.0. The normalized spacial score (nSPS) is 16.6. The Kier molecular flexibility index (Phi) is 6.12. The second-order valence-corrected chi connectivity index (χ2v) is 8.51. The van der Waals surface area contributed by atoms with E-state index in [9.17, 15) is 4.79 Å². The van der Waals surface area contributed by atoms with Gasteiger partial charge in [-0.05, 0) is 61.5 Å². The maximum Gasteiger partial charge on any atom is 0.319 e. The fourth-order valence-electron chi connectivity index (χ4n) is 4.62. The molecule has 2 aliphatic rings. The van der Waals surface area contributed by atoms with Crippen molar-refractivity contribution in [3.05, 3.63) is 66.2 Å². The van der Waals surface area contributed by atoms with Crippen molar-refractivity contribution < 1.29 is 14.3 Å². The molecule has 0 bridgehead atoms. The van der Waals surface area contributed by atoms with E-state index in [2.05, 4.69) is 33.7 Å². The molecule has 2 amide bonds. The van der Waals surface area contributed by atoms with Gasteiger partial charge in [0.2, 0.25) is 0 Å². The van der Waals surface area contributed by atoms with Crippen molar-refractivity contribution >= 4 is 22.5 Å². The Labute approximate surface area is 188 Å². The van der Waals surface area contributed by atoms with Crippen LogP contribution < -0.4 is 20.1 Å². The van der Waals surface area contributed by atoms with Crippen molar-refractivity contribution in [2.24, 2.45) is 0 Å². The Morgan fingerprint density at radius 1 is 0.938 bits per heavy atom. The molecule has 5 rings (SSSR count). The van der Waals surface area contributed by atoms with E-state index in [4.69, 9.17) is 9.47 Å². The summed E-state index contributed by atoms with van der Waals surface area (Å²) in [5.74, 6) is 1.58. The van der Waals surface area contributed by atoms with Crippen LogP contribution in [0.3, 0.4) is 0 Å². The van der Waals surface area contributed by atoms with Crippen molar-refractivity contribution in [2.45, 2.75) is 25.3 Å². The summed E-state index contributed by atoms with van der Waals surface area (Å²) in [5, 5.41) is 8.43. The zero-order valence-corrected chi connectivity index (χ0v) is 18.2. The second-order valence-electron chi connectivity index (χ2n) is 8.51. The number of amides is 2. The summed E-state index contributed by atoms with van der Waals surface area (Å²) in [5.41, 5.74) is 1.95. The van der Waals surface area contributed by atoms with Crippen LogP contribution in [-0.4, -0.2) is 49.8 Å². The number of anilines is 1. The number of fused-ring (bicyclic) bond motifs is 2. The van der Waals surface area contributed by atoms with E-state index >= 15 is 0 Å². The summed E-state index contributed by atoms with van der Waals surface area (Å²) in [6.45, 7) is 4.16. The molecule has 6 heteroatoms. The van der Waals surface area contributed by atoms with E-state index in [-0.39, 0.29) is 12.1 Å². The monoisotopic (exact) mass is 431 g/mol. The topological polar surface area (TPSA) is 62.8 Å². The largest absolute Gasteiger partial charge is 0.486 e. The molecule has 0 aliphatic carbocycles. The predicted molar refractivity (Wildman–Crippen MR) is 127 cm³/mol. The molecule has 6 nitrogen and oxygen atoms in total. The predicted octanol–water partition coefficient (Wildman–Crippen LogP) is 4.44. The molecular weight excluding hydrogens is 402 g/mol. The molecule has 0 aromatic heterocycles. The highest BCUT2D eigenvalue weighted by Gasteiger charge is 2.21. The minimum Gasteiger partial charge on any atom is -0.486 e. The third-order valence-corrected chi connectivity index (χ3v) is 6.14. The van der Waals surface area contributed by atoms with Crippen LogP contribution in [-0.2, 0) is 6.42 Å². The Morgan fingerprint density at radius 2 is 1.72 bits per heavy atom. The van der Waals surface area contributed by atoms with E-state index in [0.717, 1.165) is 59.6 Å². The molecule has 1 atom stereocenters. The first-order valence-electron chi connectivity index (χ1n) is 11.4. The molecule has 0 saturated carbocycles. The SMILES string of the molecule is O=C(Nc1cccc2ccccc12)NC(Cc1ccc2c(c1)OCCO2)CN1CCCC1. The van der Waals surface area contributed by atoms with Crippen molar-refractivity contribution in [2.75, 3.05) is 38.2 Å². The van der Waals surface area contributed by atoms with Crippen LogP contribution in [0, 0.1) is 0 Å². The van der Waals surface area contributed by atoms with Crippen molar-refractivity contribution in [1.82, 2.24) is 10.2 Å². The quantitative estimate of drug-likeness (QED) is 0.606. The number of hydrogen-bond acceptors (Lipinski definition) is 4. The first kappa shape index (κ1) is 20.6. The van der Waals surface area contributed by atoms with Crippen LogP contribution in [0.25, 0.3) is 10.8 Å². The Hall–Kier alpha value is -3.25. The van der Waals surface area contributed by atoms with Crippen LogP contribution in [0.5, 0.6) is 11.5 Å². The molecule has 0 radical (unpaired) electrons. The number of carbonyl (C=O) groups excluding carboxylic acids is 1. The van der Waals surface area contributed by atoms with Gasteiger partial charge in [-0.1, -0.05) is 42.5 Å². The van der Waals surface area contributed by atoms with Gasteiger partial charge in [-0.15, -0.1) is 0 Å². The number of urea groups is 1. The van der Waals surface area contributed by atoms with Crippen molar-refractivity contribution in [3.8, 4) is 11.5 Å². The molecule has 3 aromatic rings. The lowest BCUT2D eigenvalue weighted by atomic mass is 10.0. The lowest BCUT2D eigenvalue weighted by molar-refractivity contribution is 0.171. The highest BCUT2D eigenvalue weighted by molar-refractivity contribution is 6.01. The highest BCUT2D eigenvalue weighted by atomic mass is 16.6. The number of hydrogen-bond donors (Lipinski definition) is 2. The molecule has 1 fully saturated rings. The first-order chi connectivity index (χ1) is 15.7. The molecule has 2 N–H and O–H groups in total. The minimum atomic E-state index is -0.178. The maximum absolute atomic E-state index is 13.0. The fourth-order valence-corrected chi connectivity index (χ4v) is 4.62. The van der Waals surface area contributed by atoms with Gasteiger partial charge in [-0.2, -0.15) is 0 Å². The lowest BCUT2D eigenvalue weighted by Gasteiger charge is -2.26. The van der Waals surface area contributed by atoms with E-state index in [1.807, 2.05) is 42.5 Å². The number of ether oxygens (including phenoxy) is 2. The van der Waals surface area contributed by atoms with Gasteiger partial charge in [0.15, 0.2) is 11.5 Å². The van der Waals surface area contributed by atoms with Crippen molar-refractivity contribution in [1.29, 1.82) is 0 Å². The molecule has 32 heavy (non-hydrogen) atoms. The molecule has 2 heterocycles. The number of rotatable bonds is 6. The van der Waals surface area contributed by atoms with E-state index in [1.165, 1.54) is 12.8 Å². The number of likely N-dealkylation sites (tertiary alicyclic amines) is 1. The van der Waals surface area contributed by atoms with E-state index in [1.54, 1.807) is 0 Å². The van der Waals surface area contributed by atoms with Crippen molar-refractivity contribution in [3.63, 3.8) is 0 Å². The van der Waals surface area contributed by atoms with E-state index < -0.39 is 0 Å². The molecule has 0 spiro atoms. The molecule has 2 aliphatic heterocycles. The molecular formula is C26H29N3O3. The van der Waals surface area contributed by atoms with Crippen LogP contribution in [0.1, 0.15) is 18.4 Å². The highest BCUT2D eigenvalue weighted by Crippen LogP contribution is 2.31. The number of benzene rings is 3. The average Bonchev–Trinajstić information content (AvgIpc) is 3.32. The van der Waals surface area contributed by atoms with Gasteiger partial charge < -0.3 is 25.0 Å². The van der Waals surface area contributed by atoms with Gasteiger partial charge in [0, 0.05) is 18.0 Å². The minimum absolute atomic E-state index is 0.00867. The van der Waals surface area contributed by atoms with Gasteiger partial charge in [0.25, 0.3) is 0 Å². The summed E-state index contributed by atoms with van der Waals surface area (Å²) in [6, 6.07) is 19.9. The molecule has 3 aromatic carbocycles. The number of nitrogens with zero attached hydrogens (tertiary/aromatic N) is 1. The third-order valence-electron chi connectivity index (χ3n) is 6.14.